The van der Waals surface area contributed by atoms with E-state index in [4.69, 9.17) is 0 Å². The predicted octanol–water partition coefficient (Wildman–Crippen LogP) is 3.77. The fourth-order valence-electron chi connectivity index (χ4n) is 4.47. The van der Waals surface area contributed by atoms with Gasteiger partial charge in [-0.2, -0.15) is 0 Å². The zero-order chi connectivity index (χ0) is 19.3. The van der Waals surface area contributed by atoms with Crippen LogP contribution in [0.2, 0.25) is 0 Å². The van der Waals surface area contributed by atoms with Crippen molar-refractivity contribution in [3.8, 4) is 11.1 Å². The Balaban J connectivity index is 1.29. The van der Waals surface area contributed by atoms with Crippen molar-refractivity contribution >= 4 is 11.7 Å². The summed E-state index contributed by atoms with van der Waals surface area (Å²) in [7, 11) is 0. The number of hydrogen-bond donors (Lipinski definition) is 1. The van der Waals surface area contributed by atoms with Crippen molar-refractivity contribution in [2.75, 3.05) is 26.2 Å². The Morgan fingerprint density at radius 1 is 0.821 bits per heavy atom. The molecule has 2 aliphatic heterocycles. The maximum absolute atomic E-state index is 12.6. The Morgan fingerprint density at radius 2 is 1.43 bits per heavy atom. The minimum Gasteiger partial charge on any atom is -0.343 e. The quantitative estimate of drug-likeness (QED) is 0.808. The summed E-state index contributed by atoms with van der Waals surface area (Å²) >= 11 is 0. The van der Waals surface area contributed by atoms with E-state index in [-0.39, 0.29) is 18.1 Å². The summed E-state index contributed by atoms with van der Waals surface area (Å²) < 4.78 is 0. The van der Waals surface area contributed by atoms with Gasteiger partial charge >= 0.3 is 0 Å². The Morgan fingerprint density at radius 3 is 2.07 bits per heavy atom. The van der Waals surface area contributed by atoms with E-state index in [1.165, 1.54) is 0 Å². The Hall–Kier alpha value is -2.46. The van der Waals surface area contributed by atoms with Gasteiger partial charge < -0.3 is 10.2 Å². The number of ketones is 1. The van der Waals surface area contributed by atoms with Crippen molar-refractivity contribution < 1.29 is 9.59 Å². The highest BCUT2D eigenvalue weighted by Gasteiger charge is 2.31. The van der Waals surface area contributed by atoms with Crippen LogP contribution in [0.3, 0.4) is 0 Å². The summed E-state index contributed by atoms with van der Waals surface area (Å²) in [6.45, 7) is 3.84. The lowest BCUT2D eigenvalue weighted by Gasteiger charge is -2.20. The topological polar surface area (TPSA) is 49.4 Å². The highest BCUT2D eigenvalue weighted by Crippen LogP contribution is 2.27. The molecule has 2 aromatic rings. The molecule has 2 atom stereocenters. The molecule has 1 amide bonds. The highest BCUT2D eigenvalue weighted by atomic mass is 16.2. The van der Waals surface area contributed by atoms with E-state index in [1.54, 1.807) is 0 Å². The van der Waals surface area contributed by atoms with Gasteiger partial charge in [0, 0.05) is 31.5 Å². The predicted molar refractivity (Wildman–Crippen MR) is 111 cm³/mol. The van der Waals surface area contributed by atoms with Gasteiger partial charge in [-0.05, 0) is 48.9 Å². The van der Waals surface area contributed by atoms with Crippen LogP contribution in [-0.2, 0) is 4.79 Å². The van der Waals surface area contributed by atoms with E-state index in [9.17, 15) is 9.59 Å². The molecular formula is C24H28N2O2. The first-order chi connectivity index (χ1) is 13.7. The minimum absolute atomic E-state index is 0.0452. The number of fused-ring (bicyclic) bond motifs is 1. The van der Waals surface area contributed by atoms with Crippen LogP contribution in [0.15, 0.2) is 54.6 Å². The zero-order valence-corrected chi connectivity index (χ0v) is 16.3. The molecule has 2 fully saturated rings. The third-order valence-corrected chi connectivity index (χ3v) is 6.25. The smallest absolute Gasteiger partial charge is 0.223 e. The molecule has 2 saturated heterocycles. The summed E-state index contributed by atoms with van der Waals surface area (Å²) in [5, 5.41) is 3.46. The number of rotatable bonds is 5. The largest absolute Gasteiger partial charge is 0.343 e. The van der Waals surface area contributed by atoms with Crippen LogP contribution in [0.25, 0.3) is 11.1 Å². The second-order valence-corrected chi connectivity index (χ2v) is 8.00. The molecule has 0 unspecified atom stereocenters. The van der Waals surface area contributed by atoms with Gasteiger partial charge in [-0.25, -0.2) is 0 Å². The van der Waals surface area contributed by atoms with Gasteiger partial charge in [-0.1, -0.05) is 54.6 Å². The van der Waals surface area contributed by atoms with Crippen LogP contribution in [-0.4, -0.2) is 42.8 Å². The molecule has 4 nitrogen and oxygen atoms in total. The minimum atomic E-state index is 0.0452. The molecule has 2 aliphatic rings. The lowest BCUT2D eigenvalue weighted by molar-refractivity contribution is -0.131. The van der Waals surface area contributed by atoms with Crippen molar-refractivity contribution in [1.82, 2.24) is 10.2 Å². The molecule has 4 rings (SSSR count). The van der Waals surface area contributed by atoms with Crippen molar-refractivity contribution in [1.29, 1.82) is 0 Å². The summed E-state index contributed by atoms with van der Waals surface area (Å²) in [6, 6.07) is 17.8. The number of likely N-dealkylation sites (tertiary alicyclic amines) is 1. The first kappa shape index (κ1) is 18.9. The molecule has 0 bridgehead atoms. The number of Topliss-reactive ketones (excluding diaryl/α,β-unsaturated/α-hetero) is 1. The second kappa shape index (κ2) is 8.70. The third-order valence-electron chi connectivity index (χ3n) is 6.25. The van der Waals surface area contributed by atoms with Crippen LogP contribution in [0.1, 0.15) is 36.0 Å². The average molecular weight is 377 g/mol. The van der Waals surface area contributed by atoms with Crippen LogP contribution in [0, 0.1) is 11.8 Å². The van der Waals surface area contributed by atoms with Gasteiger partial charge in [0.15, 0.2) is 5.78 Å². The maximum atomic E-state index is 12.6. The van der Waals surface area contributed by atoms with Gasteiger partial charge in [0.1, 0.15) is 0 Å². The summed E-state index contributed by atoms with van der Waals surface area (Å²) in [4.78, 5) is 27.1. The number of carbonyl (C=O) groups excluding carboxylic acids is 2. The lowest BCUT2D eigenvalue weighted by atomic mass is 9.92. The summed E-state index contributed by atoms with van der Waals surface area (Å²) in [6.07, 6.45) is 2.76. The second-order valence-electron chi connectivity index (χ2n) is 8.00. The number of hydrogen-bond acceptors (Lipinski definition) is 3. The first-order valence-corrected chi connectivity index (χ1v) is 10.4. The molecule has 146 valence electrons. The number of benzene rings is 2. The molecule has 0 aromatic heterocycles. The zero-order valence-electron chi connectivity index (χ0n) is 16.3. The standard InChI is InChI=1S/C24H28N2O2/c27-23(20-8-6-19(7-9-20)18-4-2-1-3-5-18)10-11-24(28)26-14-12-21-16-25-17-22(21)13-15-26/h1-9,21-22,25H,10-17H2/t21-,22+. The van der Waals surface area contributed by atoms with Crippen molar-refractivity contribution in [2.45, 2.75) is 25.7 Å². The van der Waals surface area contributed by atoms with E-state index in [1.807, 2.05) is 47.4 Å². The molecule has 0 spiro atoms. The summed E-state index contributed by atoms with van der Waals surface area (Å²) in [5.74, 6) is 1.59. The number of nitrogens with zero attached hydrogens (tertiary/aromatic N) is 1. The lowest BCUT2D eigenvalue weighted by Crippen LogP contribution is -2.32. The molecule has 28 heavy (non-hydrogen) atoms. The van der Waals surface area contributed by atoms with Crippen LogP contribution >= 0.6 is 0 Å². The molecule has 1 N–H and O–H groups in total. The Labute approximate surface area is 166 Å². The number of carbonyl (C=O) groups is 2. The fraction of sp³-hybridized carbons (Fsp3) is 0.417. The Kier molecular flexibility index (Phi) is 5.87. The number of amides is 1. The van der Waals surface area contributed by atoms with Crippen LogP contribution in [0.5, 0.6) is 0 Å². The van der Waals surface area contributed by atoms with Crippen molar-refractivity contribution in [2.24, 2.45) is 11.8 Å². The van der Waals surface area contributed by atoms with Gasteiger partial charge in [-0.15, -0.1) is 0 Å². The van der Waals surface area contributed by atoms with Crippen molar-refractivity contribution in [3.05, 3.63) is 60.2 Å². The van der Waals surface area contributed by atoms with Gasteiger partial charge in [-0.3, -0.25) is 9.59 Å². The van der Waals surface area contributed by atoms with E-state index in [2.05, 4.69) is 17.4 Å². The molecule has 0 aliphatic carbocycles. The molecule has 0 saturated carbocycles. The number of nitrogens with one attached hydrogen (secondary N) is 1. The van der Waals surface area contributed by atoms with E-state index >= 15 is 0 Å². The van der Waals surface area contributed by atoms with E-state index < -0.39 is 0 Å². The maximum Gasteiger partial charge on any atom is 0.223 e. The first-order valence-electron chi connectivity index (χ1n) is 10.4. The van der Waals surface area contributed by atoms with Gasteiger partial charge in [0.05, 0.1) is 0 Å². The highest BCUT2D eigenvalue weighted by molar-refractivity contribution is 5.98. The molecular weight excluding hydrogens is 348 g/mol. The molecule has 4 heteroatoms. The van der Waals surface area contributed by atoms with Crippen LogP contribution < -0.4 is 5.32 Å². The third kappa shape index (κ3) is 4.33. The average Bonchev–Trinajstić information content (AvgIpc) is 3.10. The monoisotopic (exact) mass is 376 g/mol. The van der Waals surface area contributed by atoms with Gasteiger partial charge in [0.25, 0.3) is 0 Å². The van der Waals surface area contributed by atoms with Crippen molar-refractivity contribution in [3.63, 3.8) is 0 Å². The summed E-state index contributed by atoms with van der Waals surface area (Å²) in [5.41, 5.74) is 2.92. The molecule has 2 heterocycles. The molecule has 0 radical (unpaired) electrons. The fourth-order valence-corrected chi connectivity index (χ4v) is 4.47. The van der Waals surface area contributed by atoms with E-state index in [0.717, 1.165) is 50.1 Å². The van der Waals surface area contributed by atoms with Crippen LogP contribution in [0.4, 0.5) is 0 Å². The normalized spacial score (nSPS) is 21.8. The Bertz CT molecular complexity index is 802. The SMILES string of the molecule is O=C(CCC(=O)N1CC[C@@H]2CNC[C@@H]2CC1)c1ccc(-c2ccccc2)cc1. The van der Waals surface area contributed by atoms with E-state index in [0.29, 0.717) is 23.8 Å². The molecule has 2 aromatic carbocycles. The van der Waals surface area contributed by atoms with Gasteiger partial charge in [0.2, 0.25) is 5.91 Å².